The first-order valence-electron chi connectivity index (χ1n) is 8.45. The summed E-state index contributed by atoms with van der Waals surface area (Å²) < 4.78 is 5.26. The number of alkyl carbamates (subject to hydrolysis) is 1. The maximum Gasteiger partial charge on any atom is 0.408 e. The Morgan fingerprint density at radius 1 is 1.04 bits per heavy atom. The van der Waals surface area contributed by atoms with Crippen molar-refractivity contribution in [2.24, 2.45) is 4.99 Å². The molecular weight excluding hydrogens is 348 g/mol. The van der Waals surface area contributed by atoms with Gasteiger partial charge in [-0.3, -0.25) is 9.79 Å². The van der Waals surface area contributed by atoms with Crippen LogP contribution in [-0.4, -0.2) is 35.3 Å². The second-order valence-corrected chi connectivity index (χ2v) is 6.93. The fourth-order valence-corrected chi connectivity index (χ4v) is 3.44. The molecule has 0 saturated heterocycles. The van der Waals surface area contributed by atoms with Crippen LogP contribution in [0.15, 0.2) is 65.7 Å². The van der Waals surface area contributed by atoms with Crippen LogP contribution in [0.4, 0.5) is 4.79 Å². The second kappa shape index (κ2) is 9.20. The molecule has 2 aromatic carbocycles. The monoisotopic (exact) mass is 368 g/mol. The molecule has 0 aliphatic carbocycles. The zero-order chi connectivity index (χ0) is 18.2. The van der Waals surface area contributed by atoms with Crippen LogP contribution in [0.5, 0.6) is 0 Å². The van der Waals surface area contributed by atoms with Crippen LogP contribution in [-0.2, 0) is 22.6 Å². The van der Waals surface area contributed by atoms with E-state index in [2.05, 4.69) is 10.3 Å². The van der Waals surface area contributed by atoms with Crippen LogP contribution in [0.1, 0.15) is 11.1 Å². The number of benzene rings is 2. The van der Waals surface area contributed by atoms with Crippen molar-refractivity contribution in [2.75, 3.05) is 12.3 Å². The Bertz CT molecular complexity index is 778. The molecule has 3 rings (SSSR count). The molecule has 134 valence electrons. The van der Waals surface area contributed by atoms with E-state index in [1.807, 2.05) is 60.7 Å². The van der Waals surface area contributed by atoms with Gasteiger partial charge in [0.25, 0.3) is 0 Å². The summed E-state index contributed by atoms with van der Waals surface area (Å²) in [5.41, 5.74) is 1.86. The lowest BCUT2D eigenvalue weighted by Gasteiger charge is -2.17. The number of nitrogens with zero attached hydrogens (tertiary/aromatic N) is 1. The quantitative estimate of drug-likeness (QED) is 0.815. The normalized spacial score (nSPS) is 14.4. The topological polar surface area (TPSA) is 67.8 Å². The lowest BCUT2D eigenvalue weighted by Crippen LogP contribution is -2.44. The first kappa shape index (κ1) is 18.2. The van der Waals surface area contributed by atoms with Crippen molar-refractivity contribution in [3.63, 3.8) is 0 Å². The summed E-state index contributed by atoms with van der Waals surface area (Å²) >= 11 is 1.44. The van der Waals surface area contributed by atoms with Gasteiger partial charge in [-0.1, -0.05) is 60.7 Å². The Balaban J connectivity index is 1.64. The first-order chi connectivity index (χ1) is 12.7. The van der Waals surface area contributed by atoms with Gasteiger partial charge in [0.2, 0.25) is 5.78 Å². The van der Waals surface area contributed by atoms with Gasteiger partial charge in [0.15, 0.2) is 0 Å². The van der Waals surface area contributed by atoms with Gasteiger partial charge in [0.1, 0.15) is 17.7 Å². The van der Waals surface area contributed by atoms with Crippen molar-refractivity contribution in [3.8, 4) is 0 Å². The van der Waals surface area contributed by atoms with Gasteiger partial charge in [-0.15, -0.1) is 11.8 Å². The van der Waals surface area contributed by atoms with Crippen LogP contribution in [0.2, 0.25) is 0 Å². The smallest absolute Gasteiger partial charge is 0.408 e. The molecule has 0 fully saturated rings. The molecule has 6 heteroatoms. The van der Waals surface area contributed by atoms with Crippen LogP contribution in [0, 0.1) is 0 Å². The van der Waals surface area contributed by atoms with Gasteiger partial charge in [-0.25, -0.2) is 4.79 Å². The highest BCUT2D eigenvalue weighted by atomic mass is 32.2. The third-order valence-corrected chi connectivity index (χ3v) is 4.89. The van der Waals surface area contributed by atoms with E-state index in [0.717, 1.165) is 16.9 Å². The summed E-state index contributed by atoms with van der Waals surface area (Å²) in [6.45, 7) is 0.802. The molecule has 1 atom stereocenters. The van der Waals surface area contributed by atoms with Gasteiger partial charge in [0, 0.05) is 18.7 Å². The molecule has 1 amide bonds. The highest BCUT2D eigenvalue weighted by Crippen LogP contribution is 2.16. The Kier molecular flexibility index (Phi) is 6.44. The molecule has 26 heavy (non-hydrogen) atoms. The Hall–Kier alpha value is -2.60. The molecule has 1 aliphatic rings. The second-order valence-electron chi connectivity index (χ2n) is 5.85. The molecule has 0 aromatic heterocycles. The largest absolute Gasteiger partial charge is 0.445 e. The number of amides is 1. The number of hydrogen-bond donors (Lipinski definition) is 1. The van der Waals surface area contributed by atoms with E-state index in [1.165, 1.54) is 11.8 Å². The number of nitrogens with one attached hydrogen (secondary N) is 1. The Morgan fingerprint density at radius 2 is 1.69 bits per heavy atom. The van der Waals surface area contributed by atoms with Gasteiger partial charge < -0.3 is 10.1 Å². The van der Waals surface area contributed by atoms with Gasteiger partial charge in [-0.05, 0) is 11.1 Å². The number of carbonyl (C=O) groups excluding carboxylic acids is 2. The van der Waals surface area contributed by atoms with Crippen molar-refractivity contribution in [1.29, 1.82) is 0 Å². The summed E-state index contributed by atoms with van der Waals surface area (Å²) in [5.74, 6) is 0.644. The number of ether oxygens (including phenoxy) is 1. The standard InChI is InChI=1S/C20H20N2O3S/c23-18(19-21-11-12-26-19)17(13-15-7-3-1-4-8-15)22-20(24)25-14-16-9-5-2-6-10-16/h1-10,17H,11-14H2,(H,22,24)/t17-/m1/s1. The summed E-state index contributed by atoms with van der Waals surface area (Å²) in [5, 5.41) is 3.19. The number of hydrogen-bond acceptors (Lipinski definition) is 5. The van der Waals surface area contributed by atoms with Crippen LogP contribution in [0.25, 0.3) is 0 Å². The molecule has 1 heterocycles. The third kappa shape index (κ3) is 5.20. The minimum absolute atomic E-state index is 0.159. The molecular formula is C20H20N2O3S. The molecule has 5 nitrogen and oxygen atoms in total. The zero-order valence-electron chi connectivity index (χ0n) is 14.3. The van der Waals surface area contributed by atoms with Crippen LogP contribution < -0.4 is 5.32 Å². The van der Waals surface area contributed by atoms with Crippen molar-refractivity contribution in [1.82, 2.24) is 5.32 Å². The number of rotatable bonds is 7. The summed E-state index contributed by atoms with van der Waals surface area (Å²) in [6, 6.07) is 18.3. The van der Waals surface area contributed by atoms with Crippen molar-refractivity contribution in [3.05, 3.63) is 71.8 Å². The van der Waals surface area contributed by atoms with Crippen molar-refractivity contribution < 1.29 is 14.3 Å². The number of carbonyl (C=O) groups is 2. The molecule has 0 spiro atoms. The average molecular weight is 368 g/mol. The Morgan fingerprint density at radius 3 is 2.31 bits per heavy atom. The predicted molar refractivity (Wildman–Crippen MR) is 103 cm³/mol. The summed E-state index contributed by atoms with van der Waals surface area (Å²) in [6.07, 6.45) is -0.202. The van der Waals surface area contributed by atoms with Crippen LogP contribution in [0.3, 0.4) is 0 Å². The summed E-state index contributed by atoms with van der Waals surface area (Å²) in [7, 11) is 0. The number of thioether (sulfide) groups is 1. The number of Topliss-reactive ketones (excluding diaryl/α,β-unsaturated/α-hetero) is 1. The minimum atomic E-state index is -0.690. The fraction of sp³-hybridized carbons (Fsp3) is 0.250. The van der Waals surface area contributed by atoms with Crippen molar-refractivity contribution >= 4 is 28.7 Å². The predicted octanol–water partition coefficient (Wildman–Crippen LogP) is 3.24. The summed E-state index contributed by atoms with van der Waals surface area (Å²) in [4.78, 5) is 29.2. The molecule has 1 aliphatic heterocycles. The SMILES string of the molecule is O=C(N[C@H](Cc1ccccc1)C(=O)C1=NCCS1)OCc1ccccc1. The molecule has 0 bridgehead atoms. The molecule has 0 unspecified atom stereocenters. The van der Waals surface area contributed by atoms with E-state index in [-0.39, 0.29) is 12.4 Å². The lowest BCUT2D eigenvalue weighted by molar-refractivity contribution is -0.114. The highest BCUT2D eigenvalue weighted by molar-refractivity contribution is 8.16. The number of aliphatic imine (C=N–C) groups is 1. The molecule has 0 saturated carbocycles. The fourth-order valence-electron chi connectivity index (χ4n) is 2.60. The van der Waals surface area contributed by atoms with E-state index in [0.29, 0.717) is 18.0 Å². The maximum absolute atomic E-state index is 12.7. The molecule has 0 radical (unpaired) electrons. The Labute approximate surface area is 156 Å². The minimum Gasteiger partial charge on any atom is -0.445 e. The van der Waals surface area contributed by atoms with E-state index in [1.54, 1.807) is 0 Å². The molecule has 2 aromatic rings. The zero-order valence-corrected chi connectivity index (χ0v) is 15.1. The molecule has 1 N–H and O–H groups in total. The maximum atomic E-state index is 12.7. The van der Waals surface area contributed by atoms with Gasteiger partial charge >= 0.3 is 6.09 Å². The number of ketones is 1. The van der Waals surface area contributed by atoms with Gasteiger partial charge in [-0.2, -0.15) is 0 Å². The highest BCUT2D eigenvalue weighted by Gasteiger charge is 2.27. The average Bonchev–Trinajstić information content (AvgIpc) is 3.22. The van der Waals surface area contributed by atoms with Crippen molar-refractivity contribution in [2.45, 2.75) is 19.1 Å². The third-order valence-electron chi connectivity index (χ3n) is 3.90. The van der Waals surface area contributed by atoms with E-state index < -0.39 is 12.1 Å². The first-order valence-corrected chi connectivity index (χ1v) is 9.43. The van der Waals surface area contributed by atoms with E-state index in [4.69, 9.17) is 4.74 Å². The van der Waals surface area contributed by atoms with E-state index >= 15 is 0 Å². The lowest BCUT2D eigenvalue weighted by atomic mass is 10.0. The van der Waals surface area contributed by atoms with E-state index in [9.17, 15) is 9.59 Å². The van der Waals surface area contributed by atoms with Gasteiger partial charge in [0.05, 0.1) is 0 Å². The van der Waals surface area contributed by atoms with Crippen LogP contribution >= 0.6 is 11.8 Å².